The first-order chi connectivity index (χ1) is 14.6. The lowest BCUT2D eigenvalue weighted by Gasteiger charge is -2.31. The van der Waals surface area contributed by atoms with Crippen LogP contribution < -0.4 is 4.90 Å². The fourth-order valence-electron chi connectivity index (χ4n) is 4.29. The van der Waals surface area contributed by atoms with E-state index < -0.39 is 0 Å². The number of hydrogen-bond donors (Lipinski definition) is 0. The van der Waals surface area contributed by atoms with Crippen molar-refractivity contribution in [3.8, 4) is 0 Å². The van der Waals surface area contributed by atoms with E-state index in [1.807, 2.05) is 73.7 Å². The van der Waals surface area contributed by atoms with Gasteiger partial charge in [0.25, 0.3) is 11.8 Å². The molecule has 4 nitrogen and oxygen atoms in total. The number of imide groups is 1. The number of nitrogens with zero attached hydrogens (tertiary/aromatic N) is 2. The lowest BCUT2D eigenvalue weighted by molar-refractivity contribution is -0.120. The minimum Gasteiger partial charge on any atom is -0.362 e. The SMILES string of the molecule is Cc1ccc(N2C(=O)C(c3ccccc3)=C(N3CCc4ccccc4C3)C2=O)cc1. The van der Waals surface area contributed by atoms with Crippen molar-refractivity contribution in [1.29, 1.82) is 0 Å². The Morgan fingerprint density at radius 3 is 2.13 bits per heavy atom. The molecule has 2 aliphatic rings. The molecule has 30 heavy (non-hydrogen) atoms. The lowest BCUT2D eigenvalue weighted by atomic mass is 9.98. The number of benzene rings is 3. The first kappa shape index (κ1) is 18.4. The van der Waals surface area contributed by atoms with E-state index in [9.17, 15) is 9.59 Å². The third-order valence-corrected chi connectivity index (χ3v) is 5.86. The third-order valence-electron chi connectivity index (χ3n) is 5.86. The van der Waals surface area contributed by atoms with Gasteiger partial charge in [0.05, 0.1) is 11.3 Å². The van der Waals surface area contributed by atoms with Crippen LogP contribution >= 0.6 is 0 Å². The molecule has 3 aromatic carbocycles. The van der Waals surface area contributed by atoms with Crippen LogP contribution in [0.2, 0.25) is 0 Å². The number of fused-ring (bicyclic) bond motifs is 1. The van der Waals surface area contributed by atoms with Crippen LogP contribution in [0.3, 0.4) is 0 Å². The van der Waals surface area contributed by atoms with E-state index in [-0.39, 0.29) is 11.8 Å². The Labute approximate surface area is 176 Å². The molecule has 0 unspecified atom stereocenters. The zero-order chi connectivity index (χ0) is 20.7. The Morgan fingerprint density at radius 2 is 1.40 bits per heavy atom. The van der Waals surface area contributed by atoms with Crippen LogP contribution in [0.5, 0.6) is 0 Å². The summed E-state index contributed by atoms with van der Waals surface area (Å²) in [6.45, 7) is 3.33. The Balaban J connectivity index is 1.61. The van der Waals surface area contributed by atoms with Crippen LogP contribution in [0, 0.1) is 6.92 Å². The van der Waals surface area contributed by atoms with Crippen LogP contribution in [0.1, 0.15) is 22.3 Å². The predicted octanol–water partition coefficient (Wildman–Crippen LogP) is 4.34. The van der Waals surface area contributed by atoms with E-state index in [0.717, 1.165) is 17.5 Å². The van der Waals surface area contributed by atoms with Gasteiger partial charge >= 0.3 is 0 Å². The maximum absolute atomic E-state index is 13.6. The highest BCUT2D eigenvalue weighted by molar-refractivity contribution is 6.45. The molecule has 0 aromatic heterocycles. The fourth-order valence-corrected chi connectivity index (χ4v) is 4.29. The van der Waals surface area contributed by atoms with Gasteiger partial charge in [-0.1, -0.05) is 72.3 Å². The van der Waals surface area contributed by atoms with Crippen molar-refractivity contribution in [3.05, 3.63) is 107 Å². The van der Waals surface area contributed by atoms with Crippen molar-refractivity contribution in [2.24, 2.45) is 0 Å². The molecule has 0 bridgehead atoms. The van der Waals surface area contributed by atoms with Crippen molar-refractivity contribution in [2.45, 2.75) is 19.9 Å². The van der Waals surface area contributed by atoms with Gasteiger partial charge in [-0.2, -0.15) is 0 Å². The van der Waals surface area contributed by atoms with E-state index in [1.54, 1.807) is 0 Å². The van der Waals surface area contributed by atoms with E-state index >= 15 is 0 Å². The smallest absolute Gasteiger partial charge is 0.282 e. The Kier molecular flexibility index (Phi) is 4.47. The monoisotopic (exact) mass is 394 g/mol. The number of carbonyl (C=O) groups excluding carboxylic acids is 2. The minimum atomic E-state index is -0.260. The van der Waals surface area contributed by atoms with Crippen LogP contribution in [0.15, 0.2) is 84.6 Å². The molecule has 0 spiro atoms. The highest BCUT2D eigenvalue weighted by atomic mass is 16.2. The molecule has 148 valence electrons. The molecule has 0 atom stereocenters. The summed E-state index contributed by atoms with van der Waals surface area (Å²) in [7, 11) is 0. The zero-order valence-corrected chi connectivity index (χ0v) is 16.8. The van der Waals surface area contributed by atoms with Gasteiger partial charge in [-0.3, -0.25) is 9.59 Å². The molecular formula is C26H22N2O2. The second-order valence-corrected chi connectivity index (χ2v) is 7.81. The maximum Gasteiger partial charge on any atom is 0.282 e. The summed E-state index contributed by atoms with van der Waals surface area (Å²) in [6, 6.07) is 25.3. The molecule has 0 aliphatic carbocycles. The lowest BCUT2D eigenvalue weighted by Crippen LogP contribution is -2.37. The number of carbonyl (C=O) groups is 2. The molecule has 0 radical (unpaired) electrons. The highest BCUT2D eigenvalue weighted by Crippen LogP contribution is 2.36. The molecule has 2 aliphatic heterocycles. The van der Waals surface area contributed by atoms with Crippen LogP contribution in [-0.4, -0.2) is 23.3 Å². The third kappa shape index (κ3) is 3.01. The van der Waals surface area contributed by atoms with Crippen molar-refractivity contribution in [2.75, 3.05) is 11.4 Å². The minimum absolute atomic E-state index is 0.248. The average molecular weight is 394 g/mol. The van der Waals surface area contributed by atoms with Gasteiger partial charge in [-0.25, -0.2) is 4.90 Å². The van der Waals surface area contributed by atoms with Gasteiger partial charge in [-0.15, -0.1) is 0 Å². The molecule has 0 saturated carbocycles. The normalized spacial score (nSPS) is 16.3. The first-order valence-corrected chi connectivity index (χ1v) is 10.2. The summed E-state index contributed by atoms with van der Waals surface area (Å²) in [4.78, 5) is 30.5. The molecule has 0 N–H and O–H groups in total. The molecular weight excluding hydrogens is 372 g/mol. The average Bonchev–Trinajstić information content (AvgIpc) is 3.05. The van der Waals surface area contributed by atoms with Gasteiger partial charge in [0, 0.05) is 13.1 Å². The Bertz CT molecular complexity index is 1160. The number of anilines is 1. The molecule has 2 heterocycles. The summed E-state index contributed by atoms with van der Waals surface area (Å²) in [5, 5.41) is 0. The fraction of sp³-hybridized carbons (Fsp3) is 0.154. The van der Waals surface area contributed by atoms with Gasteiger partial charge < -0.3 is 4.90 Å². The predicted molar refractivity (Wildman–Crippen MR) is 118 cm³/mol. The molecule has 2 amide bonds. The number of aryl methyl sites for hydroxylation is 1. The second-order valence-electron chi connectivity index (χ2n) is 7.81. The van der Waals surface area contributed by atoms with Crippen molar-refractivity contribution in [3.63, 3.8) is 0 Å². The molecule has 0 saturated heterocycles. The summed E-state index contributed by atoms with van der Waals surface area (Å²) in [5.74, 6) is -0.508. The second kappa shape index (κ2) is 7.30. The highest BCUT2D eigenvalue weighted by Gasteiger charge is 2.42. The Morgan fingerprint density at radius 1 is 0.733 bits per heavy atom. The van der Waals surface area contributed by atoms with Gasteiger partial charge in [0.15, 0.2) is 0 Å². The van der Waals surface area contributed by atoms with Gasteiger partial charge in [-0.05, 0) is 42.2 Å². The van der Waals surface area contributed by atoms with E-state index in [2.05, 4.69) is 17.0 Å². The maximum atomic E-state index is 13.6. The van der Waals surface area contributed by atoms with Gasteiger partial charge in [0.2, 0.25) is 0 Å². The van der Waals surface area contributed by atoms with Crippen LogP contribution in [0.25, 0.3) is 5.57 Å². The topological polar surface area (TPSA) is 40.6 Å². The van der Waals surface area contributed by atoms with Crippen LogP contribution in [-0.2, 0) is 22.6 Å². The van der Waals surface area contributed by atoms with E-state index in [1.165, 1.54) is 16.0 Å². The van der Waals surface area contributed by atoms with Crippen LogP contribution in [0.4, 0.5) is 5.69 Å². The quantitative estimate of drug-likeness (QED) is 0.621. The number of rotatable bonds is 3. The number of amides is 2. The summed E-state index contributed by atoms with van der Waals surface area (Å²) in [6.07, 6.45) is 0.855. The molecule has 4 heteroatoms. The standard InChI is InChI=1S/C26H22N2O2/c1-18-11-13-22(14-12-18)28-25(29)23(20-8-3-2-4-9-20)24(26(28)30)27-16-15-19-7-5-6-10-21(19)17-27/h2-14H,15-17H2,1H3. The van der Waals surface area contributed by atoms with E-state index in [4.69, 9.17) is 0 Å². The first-order valence-electron chi connectivity index (χ1n) is 10.2. The van der Waals surface area contributed by atoms with Crippen molar-refractivity contribution >= 4 is 23.1 Å². The zero-order valence-electron chi connectivity index (χ0n) is 16.8. The molecule has 0 fully saturated rings. The number of hydrogen-bond acceptors (Lipinski definition) is 3. The Hall–Kier alpha value is -3.66. The summed E-state index contributed by atoms with van der Waals surface area (Å²) < 4.78 is 0. The van der Waals surface area contributed by atoms with Gasteiger partial charge in [0.1, 0.15) is 5.70 Å². The van der Waals surface area contributed by atoms with Crippen molar-refractivity contribution in [1.82, 2.24) is 4.90 Å². The van der Waals surface area contributed by atoms with E-state index in [0.29, 0.717) is 30.0 Å². The molecule has 3 aromatic rings. The summed E-state index contributed by atoms with van der Waals surface area (Å²) >= 11 is 0. The summed E-state index contributed by atoms with van der Waals surface area (Å²) in [5.41, 5.74) is 5.97. The largest absolute Gasteiger partial charge is 0.362 e. The molecule has 5 rings (SSSR count). The van der Waals surface area contributed by atoms with Crippen molar-refractivity contribution < 1.29 is 9.59 Å².